The van der Waals surface area contributed by atoms with Gasteiger partial charge in [-0.3, -0.25) is 4.98 Å². The zero-order chi connectivity index (χ0) is 14.7. The third-order valence-electron chi connectivity index (χ3n) is 5.98. The number of nitrogens with one attached hydrogen (secondary N) is 1. The summed E-state index contributed by atoms with van der Waals surface area (Å²) in [7, 11) is 0. The Morgan fingerprint density at radius 1 is 1.33 bits per heavy atom. The minimum absolute atomic E-state index is 0.513. The standard InChI is InChI=1S/C19H30N2/c1-3-13-21-18(19(4-2)11-5-6-12-19)16-10-9-15-8-7-14-20-17(15)16/h7-8,14,16,18,21H,3-6,9-13H2,1-2H3. The van der Waals surface area contributed by atoms with Gasteiger partial charge in [-0.2, -0.15) is 0 Å². The van der Waals surface area contributed by atoms with Crippen molar-refractivity contribution in [2.24, 2.45) is 5.41 Å². The van der Waals surface area contributed by atoms with Crippen LogP contribution in [0.3, 0.4) is 0 Å². The van der Waals surface area contributed by atoms with Crippen LogP contribution in [0, 0.1) is 5.41 Å². The molecule has 1 saturated carbocycles. The summed E-state index contributed by atoms with van der Waals surface area (Å²) in [6.07, 6.45) is 12.7. The molecule has 2 nitrogen and oxygen atoms in total. The Hall–Kier alpha value is -0.890. The van der Waals surface area contributed by atoms with E-state index in [2.05, 4.69) is 31.3 Å². The molecule has 1 aromatic heterocycles. The number of fused-ring (bicyclic) bond motifs is 1. The van der Waals surface area contributed by atoms with E-state index in [-0.39, 0.29) is 0 Å². The summed E-state index contributed by atoms with van der Waals surface area (Å²) in [5, 5.41) is 3.95. The average Bonchev–Trinajstić information content (AvgIpc) is 3.16. The van der Waals surface area contributed by atoms with E-state index in [4.69, 9.17) is 4.98 Å². The van der Waals surface area contributed by atoms with Gasteiger partial charge in [0.1, 0.15) is 0 Å². The van der Waals surface area contributed by atoms with Gasteiger partial charge in [0.15, 0.2) is 0 Å². The lowest BCUT2D eigenvalue weighted by Gasteiger charge is -2.41. The Balaban J connectivity index is 1.89. The zero-order valence-electron chi connectivity index (χ0n) is 13.7. The Bertz CT molecular complexity index is 462. The van der Waals surface area contributed by atoms with Crippen LogP contribution in [-0.2, 0) is 6.42 Å². The molecular formula is C19H30N2. The van der Waals surface area contributed by atoms with Gasteiger partial charge in [-0.05, 0) is 62.1 Å². The first-order valence-electron chi connectivity index (χ1n) is 8.98. The minimum Gasteiger partial charge on any atom is -0.313 e. The molecule has 1 aromatic rings. The van der Waals surface area contributed by atoms with Crippen LogP contribution in [0.1, 0.15) is 76.0 Å². The number of aryl methyl sites for hydroxylation is 1. The molecule has 0 aromatic carbocycles. The van der Waals surface area contributed by atoms with E-state index in [0.29, 0.717) is 17.4 Å². The number of nitrogens with zero attached hydrogens (tertiary/aromatic N) is 1. The van der Waals surface area contributed by atoms with Crippen LogP contribution in [0.4, 0.5) is 0 Å². The van der Waals surface area contributed by atoms with Gasteiger partial charge in [0, 0.05) is 23.9 Å². The van der Waals surface area contributed by atoms with Crippen molar-refractivity contribution in [1.82, 2.24) is 10.3 Å². The molecule has 0 radical (unpaired) electrons. The van der Waals surface area contributed by atoms with Crippen molar-refractivity contribution in [3.8, 4) is 0 Å². The average molecular weight is 286 g/mol. The van der Waals surface area contributed by atoms with E-state index in [1.54, 1.807) is 0 Å². The summed E-state index contributed by atoms with van der Waals surface area (Å²) in [4.78, 5) is 4.77. The van der Waals surface area contributed by atoms with Gasteiger partial charge in [0.05, 0.1) is 0 Å². The van der Waals surface area contributed by atoms with E-state index in [1.165, 1.54) is 62.6 Å². The number of hydrogen-bond donors (Lipinski definition) is 1. The SMILES string of the molecule is CCCNC(C1CCc2cccnc21)C1(CC)CCCC1. The maximum Gasteiger partial charge on any atom is 0.0482 e. The monoisotopic (exact) mass is 286 g/mol. The highest BCUT2D eigenvalue weighted by atomic mass is 15.0. The van der Waals surface area contributed by atoms with Crippen LogP contribution in [0.15, 0.2) is 18.3 Å². The number of hydrogen-bond acceptors (Lipinski definition) is 2. The minimum atomic E-state index is 0.513. The molecule has 2 heteroatoms. The summed E-state index contributed by atoms with van der Waals surface area (Å²) >= 11 is 0. The smallest absolute Gasteiger partial charge is 0.0482 e. The van der Waals surface area contributed by atoms with Crippen LogP contribution in [-0.4, -0.2) is 17.6 Å². The summed E-state index contributed by atoms with van der Waals surface area (Å²) in [6.45, 7) is 5.82. The number of rotatable bonds is 6. The van der Waals surface area contributed by atoms with Crippen molar-refractivity contribution in [3.63, 3.8) is 0 Å². The molecule has 21 heavy (non-hydrogen) atoms. The van der Waals surface area contributed by atoms with Gasteiger partial charge in [-0.15, -0.1) is 0 Å². The molecule has 116 valence electrons. The van der Waals surface area contributed by atoms with Crippen LogP contribution in [0.25, 0.3) is 0 Å². The lowest BCUT2D eigenvalue weighted by molar-refractivity contribution is 0.158. The van der Waals surface area contributed by atoms with Crippen molar-refractivity contribution in [1.29, 1.82) is 0 Å². The lowest BCUT2D eigenvalue weighted by atomic mass is 9.70. The third-order valence-corrected chi connectivity index (χ3v) is 5.98. The largest absolute Gasteiger partial charge is 0.313 e. The first kappa shape index (κ1) is 15.0. The summed E-state index contributed by atoms with van der Waals surface area (Å²) in [5.74, 6) is 0.630. The predicted molar refractivity (Wildman–Crippen MR) is 88.6 cm³/mol. The first-order valence-corrected chi connectivity index (χ1v) is 8.98. The summed E-state index contributed by atoms with van der Waals surface area (Å²) in [5.41, 5.74) is 3.40. The number of aromatic nitrogens is 1. The molecule has 2 aliphatic carbocycles. The van der Waals surface area contributed by atoms with Crippen LogP contribution in [0.5, 0.6) is 0 Å². The molecule has 1 fully saturated rings. The Morgan fingerprint density at radius 3 is 2.86 bits per heavy atom. The van der Waals surface area contributed by atoms with Crippen LogP contribution < -0.4 is 5.32 Å². The Morgan fingerprint density at radius 2 is 2.14 bits per heavy atom. The summed E-state index contributed by atoms with van der Waals surface area (Å²) < 4.78 is 0. The molecule has 3 rings (SSSR count). The molecule has 1 N–H and O–H groups in total. The normalized spacial score (nSPS) is 25.0. The lowest BCUT2D eigenvalue weighted by Crippen LogP contribution is -2.47. The Kier molecular flexibility index (Phi) is 4.63. The molecular weight excluding hydrogens is 256 g/mol. The van der Waals surface area contributed by atoms with Crippen molar-refractivity contribution in [2.75, 3.05) is 6.54 Å². The highest BCUT2D eigenvalue weighted by Crippen LogP contribution is 2.50. The van der Waals surface area contributed by atoms with Crippen molar-refractivity contribution >= 4 is 0 Å². The van der Waals surface area contributed by atoms with Crippen molar-refractivity contribution in [3.05, 3.63) is 29.6 Å². The second kappa shape index (κ2) is 6.48. The van der Waals surface area contributed by atoms with Gasteiger partial charge >= 0.3 is 0 Å². The topological polar surface area (TPSA) is 24.9 Å². The molecule has 2 unspecified atom stereocenters. The second-order valence-electron chi connectivity index (χ2n) is 7.05. The fourth-order valence-corrected chi connectivity index (χ4v) is 4.82. The van der Waals surface area contributed by atoms with Crippen LogP contribution in [0.2, 0.25) is 0 Å². The van der Waals surface area contributed by atoms with Crippen molar-refractivity contribution < 1.29 is 0 Å². The fraction of sp³-hybridized carbons (Fsp3) is 0.737. The van der Waals surface area contributed by atoms with Gasteiger partial charge in [0.25, 0.3) is 0 Å². The van der Waals surface area contributed by atoms with E-state index in [1.807, 2.05) is 6.20 Å². The number of pyridine rings is 1. The van der Waals surface area contributed by atoms with Crippen molar-refractivity contribution in [2.45, 2.75) is 77.2 Å². The Labute approximate surface area is 129 Å². The highest BCUT2D eigenvalue weighted by Gasteiger charge is 2.45. The predicted octanol–water partition coefficient (Wildman–Crippen LogP) is 4.45. The first-order chi connectivity index (χ1) is 10.3. The van der Waals surface area contributed by atoms with Crippen LogP contribution >= 0.6 is 0 Å². The van der Waals surface area contributed by atoms with Gasteiger partial charge < -0.3 is 5.32 Å². The van der Waals surface area contributed by atoms with E-state index >= 15 is 0 Å². The van der Waals surface area contributed by atoms with Gasteiger partial charge in [-0.25, -0.2) is 0 Å². The quantitative estimate of drug-likeness (QED) is 0.835. The van der Waals surface area contributed by atoms with Gasteiger partial charge in [-0.1, -0.05) is 32.8 Å². The maximum absolute atomic E-state index is 4.77. The molecule has 2 atom stereocenters. The fourth-order valence-electron chi connectivity index (χ4n) is 4.82. The third kappa shape index (κ3) is 2.75. The molecule has 0 spiro atoms. The molecule has 0 amide bonds. The van der Waals surface area contributed by atoms with Gasteiger partial charge in [0.2, 0.25) is 0 Å². The zero-order valence-corrected chi connectivity index (χ0v) is 13.7. The maximum atomic E-state index is 4.77. The highest BCUT2D eigenvalue weighted by molar-refractivity contribution is 5.31. The second-order valence-corrected chi connectivity index (χ2v) is 7.05. The molecule has 0 bridgehead atoms. The molecule has 0 saturated heterocycles. The molecule has 2 aliphatic rings. The van der Waals surface area contributed by atoms with E-state index in [0.717, 1.165) is 6.54 Å². The molecule has 1 heterocycles. The van der Waals surface area contributed by atoms with E-state index < -0.39 is 0 Å². The molecule has 0 aliphatic heterocycles. The van der Waals surface area contributed by atoms with E-state index in [9.17, 15) is 0 Å². The summed E-state index contributed by atoms with van der Waals surface area (Å²) in [6, 6.07) is 5.01.